The SMILES string of the molecule is C/N=C/[C@@H]1[C@@H](Cc2ccnc(N)c2)C(=O)N1C(=O)N[C@H](C)c1ccccc1. The van der Waals surface area contributed by atoms with Crippen LogP contribution in [0.1, 0.15) is 24.1 Å². The number of aromatic nitrogens is 1. The van der Waals surface area contributed by atoms with E-state index in [4.69, 9.17) is 5.73 Å². The summed E-state index contributed by atoms with van der Waals surface area (Å²) in [6.45, 7) is 1.89. The van der Waals surface area contributed by atoms with Gasteiger partial charge in [-0.05, 0) is 36.6 Å². The van der Waals surface area contributed by atoms with Gasteiger partial charge in [0, 0.05) is 19.5 Å². The normalized spacial score (nSPS) is 20.4. The van der Waals surface area contributed by atoms with Crippen LogP contribution in [0.25, 0.3) is 0 Å². The second-order valence-corrected chi connectivity index (χ2v) is 6.59. The van der Waals surface area contributed by atoms with Gasteiger partial charge < -0.3 is 11.1 Å². The van der Waals surface area contributed by atoms with Gasteiger partial charge in [-0.25, -0.2) is 9.78 Å². The monoisotopic (exact) mass is 365 g/mol. The number of rotatable bonds is 5. The van der Waals surface area contributed by atoms with Gasteiger partial charge in [0.05, 0.1) is 18.0 Å². The molecule has 0 bridgehead atoms. The Morgan fingerprint density at radius 3 is 2.78 bits per heavy atom. The fourth-order valence-electron chi connectivity index (χ4n) is 3.29. The molecule has 0 radical (unpaired) electrons. The number of benzene rings is 1. The number of imide groups is 1. The van der Waals surface area contributed by atoms with E-state index in [0.29, 0.717) is 12.2 Å². The third kappa shape index (κ3) is 3.97. The number of amides is 3. The molecule has 3 amide bonds. The fourth-order valence-corrected chi connectivity index (χ4v) is 3.29. The lowest BCUT2D eigenvalue weighted by Crippen LogP contribution is -2.66. The molecule has 0 unspecified atom stereocenters. The van der Waals surface area contributed by atoms with E-state index < -0.39 is 6.03 Å². The summed E-state index contributed by atoms with van der Waals surface area (Å²) >= 11 is 0. The van der Waals surface area contributed by atoms with Crippen molar-refractivity contribution in [2.75, 3.05) is 12.8 Å². The van der Waals surface area contributed by atoms with E-state index in [9.17, 15) is 9.59 Å². The molecule has 0 spiro atoms. The first-order chi connectivity index (χ1) is 13.0. The Morgan fingerprint density at radius 2 is 2.11 bits per heavy atom. The molecule has 3 rings (SSSR count). The second kappa shape index (κ2) is 7.99. The minimum atomic E-state index is -0.410. The van der Waals surface area contributed by atoms with Crippen LogP contribution in [0.5, 0.6) is 0 Å². The number of anilines is 1. The Bertz CT molecular complexity index is 852. The number of carbonyl (C=O) groups excluding carboxylic acids is 2. The lowest BCUT2D eigenvalue weighted by atomic mass is 9.83. The standard InChI is InChI=1S/C20H23N5O2/c1-13(15-6-4-3-5-7-15)24-20(27)25-17(12-22-2)16(19(25)26)10-14-8-9-23-18(21)11-14/h3-9,11-13,16-17H,10H2,1-2H3,(H2,21,23)(H,24,27)/b22-12+/t13-,16-,17-/m1/s1. The van der Waals surface area contributed by atoms with Crippen LogP contribution in [0.15, 0.2) is 53.7 Å². The average molecular weight is 365 g/mol. The Balaban J connectivity index is 1.70. The predicted molar refractivity (Wildman–Crippen MR) is 104 cm³/mol. The van der Waals surface area contributed by atoms with Crippen LogP contribution in [0.4, 0.5) is 10.6 Å². The summed E-state index contributed by atoms with van der Waals surface area (Å²) in [4.78, 5) is 34.5. The number of β-lactam (4-membered cyclic amide) rings is 1. The molecule has 7 nitrogen and oxygen atoms in total. The largest absolute Gasteiger partial charge is 0.384 e. The van der Waals surface area contributed by atoms with Crippen molar-refractivity contribution < 1.29 is 9.59 Å². The molecule has 0 aliphatic carbocycles. The zero-order chi connectivity index (χ0) is 19.4. The van der Waals surface area contributed by atoms with E-state index in [2.05, 4.69) is 15.3 Å². The Kier molecular flexibility index (Phi) is 5.49. The van der Waals surface area contributed by atoms with Crippen molar-refractivity contribution >= 4 is 24.0 Å². The van der Waals surface area contributed by atoms with Crippen molar-refractivity contribution in [2.24, 2.45) is 10.9 Å². The van der Waals surface area contributed by atoms with E-state index in [1.165, 1.54) is 4.90 Å². The maximum absolute atomic E-state index is 12.7. The molecule has 3 N–H and O–H groups in total. The number of nitrogen functional groups attached to an aromatic ring is 1. The van der Waals surface area contributed by atoms with Gasteiger partial charge in [-0.3, -0.25) is 14.7 Å². The molecule has 2 aromatic rings. The minimum absolute atomic E-state index is 0.204. The highest BCUT2D eigenvalue weighted by Crippen LogP contribution is 2.30. The first-order valence-corrected chi connectivity index (χ1v) is 8.82. The Morgan fingerprint density at radius 1 is 1.37 bits per heavy atom. The summed E-state index contributed by atoms with van der Waals surface area (Å²) in [6, 6.07) is 12.2. The van der Waals surface area contributed by atoms with Gasteiger partial charge >= 0.3 is 6.03 Å². The molecule has 7 heteroatoms. The van der Waals surface area contributed by atoms with Crippen molar-refractivity contribution in [3.8, 4) is 0 Å². The summed E-state index contributed by atoms with van der Waals surface area (Å²) in [5, 5.41) is 2.88. The van der Waals surface area contributed by atoms with Crippen LogP contribution in [0.3, 0.4) is 0 Å². The van der Waals surface area contributed by atoms with Gasteiger partial charge in [0.1, 0.15) is 5.82 Å². The second-order valence-electron chi connectivity index (χ2n) is 6.59. The maximum atomic E-state index is 12.7. The number of carbonyl (C=O) groups is 2. The third-order valence-corrected chi connectivity index (χ3v) is 4.73. The molecule has 0 saturated carbocycles. The number of hydrogen-bond donors (Lipinski definition) is 2. The molecule has 1 fully saturated rings. The van der Waals surface area contributed by atoms with Gasteiger partial charge in [0.2, 0.25) is 5.91 Å². The van der Waals surface area contributed by atoms with Crippen LogP contribution >= 0.6 is 0 Å². The number of hydrogen-bond acceptors (Lipinski definition) is 5. The quantitative estimate of drug-likeness (QED) is 0.626. The van der Waals surface area contributed by atoms with Gasteiger partial charge in [0.25, 0.3) is 0 Å². The Labute approximate surface area is 158 Å². The van der Waals surface area contributed by atoms with E-state index >= 15 is 0 Å². The van der Waals surface area contributed by atoms with Gasteiger partial charge in [-0.2, -0.15) is 0 Å². The zero-order valence-corrected chi connectivity index (χ0v) is 15.4. The molecule has 1 aliphatic heterocycles. The Hall–Kier alpha value is -3.22. The number of nitrogens with zero attached hydrogens (tertiary/aromatic N) is 3. The topological polar surface area (TPSA) is 101 Å². The van der Waals surface area contributed by atoms with Crippen LogP contribution < -0.4 is 11.1 Å². The van der Waals surface area contributed by atoms with Crippen molar-refractivity contribution in [3.63, 3.8) is 0 Å². The molecule has 27 heavy (non-hydrogen) atoms. The number of likely N-dealkylation sites (tertiary alicyclic amines) is 1. The lowest BCUT2D eigenvalue weighted by Gasteiger charge is -2.44. The number of aliphatic imine (C=N–C) groups is 1. The van der Waals surface area contributed by atoms with Crippen molar-refractivity contribution in [1.29, 1.82) is 0 Å². The summed E-state index contributed by atoms with van der Waals surface area (Å²) in [5.74, 6) is -0.146. The number of nitrogens with one attached hydrogen (secondary N) is 1. The molecule has 140 valence electrons. The summed E-state index contributed by atoms with van der Waals surface area (Å²) in [7, 11) is 1.63. The first-order valence-electron chi connectivity index (χ1n) is 8.82. The van der Waals surface area contributed by atoms with E-state index in [1.54, 1.807) is 25.5 Å². The lowest BCUT2D eigenvalue weighted by molar-refractivity contribution is -0.145. The summed E-state index contributed by atoms with van der Waals surface area (Å²) in [6.07, 6.45) is 3.74. The zero-order valence-electron chi connectivity index (χ0n) is 15.4. The van der Waals surface area contributed by atoms with Crippen molar-refractivity contribution in [2.45, 2.75) is 25.4 Å². The number of nitrogens with two attached hydrogens (primary N) is 1. The van der Waals surface area contributed by atoms with Gasteiger partial charge in [-0.1, -0.05) is 30.3 Å². The van der Waals surface area contributed by atoms with Crippen LogP contribution in [0, 0.1) is 5.92 Å². The fraction of sp³-hybridized carbons (Fsp3) is 0.300. The molecule has 1 saturated heterocycles. The molecule has 1 aliphatic rings. The predicted octanol–water partition coefficient (Wildman–Crippen LogP) is 2.20. The highest BCUT2D eigenvalue weighted by molar-refractivity contribution is 6.06. The smallest absolute Gasteiger partial charge is 0.325 e. The van der Waals surface area contributed by atoms with E-state index in [1.807, 2.05) is 43.3 Å². The number of pyridine rings is 1. The molecular weight excluding hydrogens is 342 g/mol. The van der Waals surface area contributed by atoms with Crippen LogP contribution in [0.2, 0.25) is 0 Å². The number of urea groups is 1. The highest BCUT2D eigenvalue weighted by Gasteiger charge is 2.49. The van der Waals surface area contributed by atoms with Crippen molar-refractivity contribution in [3.05, 3.63) is 59.8 Å². The molecular formula is C20H23N5O2. The van der Waals surface area contributed by atoms with Gasteiger partial charge in [-0.15, -0.1) is 0 Å². The molecule has 1 aromatic carbocycles. The molecule has 3 atom stereocenters. The van der Waals surface area contributed by atoms with E-state index in [0.717, 1.165) is 11.1 Å². The third-order valence-electron chi connectivity index (χ3n) is 4.73. The first kappa shape index (κ1) is 18.6. The minimum Gasteiger partial charge on any atom is -0.384 e. The van der Waals surface area contributed by atoms with Crippen molar-refractivity contribution in [1.82, 2.24) is 15.2 Å². The summed E-state index contributed by atoms with van der Waals surface area (Å²) < 4.78 is 0. The van der Waals surface area contributed by atoms with Crippen LogP contribution in [-0.2, 0) is 11.2 Å². The van der Waals surface area contributed by atoms with Gasteiger partial charge in [0.15, 0.2) is 0 Å². The highest BCUT2D eigenvalue weighted by atomic mass is 16.2. The average Bonchev–Trinajstić information content (AvgIpc) is 2.66. The maximum Gasteiger partial charge on any atom is 0.325 e. The molecule has 2 heterocycles. The summed E-state index contributed by atoms with van der Waals surface area (Å²) in [5.41, 5.74) is 7.60. The van der Waals surface area contributed by atoms with Crippen LogP contribution in [-0.4, -0.2) is 41.1 Å². The molecule has 1 aromatic heterocycles. The van der Waals surface area contributed by atoms with E-state index in [-0.39, 0.29) is 23.9 Å².